The number of carbonyl (C=O) groups excluding carboxylic acids is 2. The van der Waals surface area contributed by atoms with E-state index in [-0.39, 0.29) is 11.3 Å². The summed E-state index contributed by atoms with van der Waals surface area (Å²) in [6.45, 7) is 4.88. The van der Waals surface area contributed by atoms with Gasteiger partial charge in [0.15, 0.2) is 0 Å². The van der Waals surface area contributed by atoms with Gasteiger partial charge in [0, 0.05) is 37.1 Å². The quantitative estimate of drug-likeness (QED) is 0.235. The van der Waals surface area contributed by atoms with Crippen molar-refractivity contribution in [2.24, 2.45) is 0 Å². The molecule has 1 amide bonds. The number of benzene rings is 3. The summed E-state index contributed by atoms with van der Waals surface area (Å²) < 4.78 is 11.4. The molecule has 1 saturated heterocycles. The Kier molecular flexibility index (Phi) is 7.82. The lowest BCUT2D eigenvalue weighted by atomic mass is 9.94. The van der Waals surface area contributed by atoms with Crippen molar-refractivity contribution in [1.82, 2.24) is 0 Å². The molecule has 192 valence electrons. The molecule has 1 fully saturated rings. The molecule has 0 saturated carbocycles. The van der Waals surface area contributed by atoms with Crippen LogP contribution in [0.4, 0.5) is 11.4 Å². The van der Waals surface area contributed by atoms with Gasteiger partial charge in [0.1, 0.15) is 17.3 Å². The molecule has 3 aromatic carbocycles. The van der Waals surface area contributed by atoms with E-state index in [1.165, 1.54) is 4.90 Å². The molecule has 3 aromatic rings. The average molecular weight is 501 g/mol. The molecule has 37 heavy (non-hydrogen) atoms. The lowest BCUT2D eigenvalue weighted by Crippen LogP contribution is -2.29. The zero-order valence-corrected chi connectivity index (χ0v) is 21.6. The van der Waals surface area contributed by atoms with Gasteiger partial charge in [-0.2, -0.15) is 0 Å². The van der Waals surface area contributed by atoms with Gasteiger partial charge in [0.05, 0.1) is 24.8 Å². The van der Waals surface area contributed by atoms with Crippen LogP contribution in [0.1, 0.15) is 37.4 Å². The maximum Gasteiger partial charge on any atom is 0.300 e. The van der Waals surface area contributed by atoms with E-state index in [4.69, 9.17) is 9.47 Å². The third-order valence-electron chi connectivity index (χ3n) is 6.16. The number of ketones is 1. The summed E-state index contributed by atoms with van der Waals surface area (Å²) in [5.74, 6) is -0.541. The molecule has 7 heteroatoms. The Balaban J connectivity index is 1.88. The van der Waals surface area contributed by atoms with Gasteiger partial charge < -0.3 is 19.5 Å². The predicted molar refractivity (Wildman–Crippen MR) is 145 cm³/mol. The first kappa shape index (κ1) is 25.8. The van der Waals surface area contributed by atoms with E-state index in [0.29, 0.717) is 41.5 Å². The van der Waals surface area contributed by atoms with Crippen molar-refractivity contribution < 1.29 is 24.2 Å². The Bertz CT molecular complexity index is 1310. The van der Waals surface area contributed by atoms with Gasteiger partial charge in [0.25, 0.3) is 11.7 Å². The molecule has 1 N–H and O–H groups in total. The first-order valence-corrected chi connectivity index (χ1v) is 12.4. The van der Waals surface area contributed by atoms with Crippen molar-refractivity contribution in [2.75, 3.05) is 37.1 Å². The molecule has 1 unspecified atom stereocenters. The average Bonchev–Trinajstić information content (AvgIpc) is 3.17. The van der Waals surface area contributed by atoms with Crippen LogP contribution in [-0.4, -0.2) is 44.1 Å². The molecule has 0 radical (unpaired) electrons. The van der Waals surface area contributed by atoms with Crippen LogP contribution in [0.25, 0.3) is 5.76 Å². The van der Waals surface area contributed by atoms with Gasteiger partial charge in [-0.05, 0) is 55.3 Å². The first-order valence-electron chi connectivity index (χ1n) is 12.4. The van der Waals surface area contributed by atoms with Gasteiger partial charge in [-0.1, -0.05) is 37.3 Å². The molecule has 1 heterocycles. The minimum Gasteiger partial charge on any atom is -0.507 e. The van der Waals surface area contributed by atoms with Crippen molar-refractivity contribution in [3.8, 4) is 11.5 Å². The summed E-state index contributed by atoms with van der Waals surface area (Å²) in [5.41, 5.74) is 2.61. The third-order valence-corrected chi connectivity index (χ3v) is 6.16. The maximum absolute atomic E-state index is 13.5. The summed E-state index contributed by atoms with van der Waals surface area (Å²) in [5, 5.41) is 11.4. The van der Waals surface area contributed by atoms with E-state index in [2.05, 4.69) is 0 Å². The van der Waals surface area contributed by atoms with Crippen LogP contribution >= 0.6 is 0 Å². The van der Waals surface area contributed by atoms with Gasteiger partial charge in [-0.3, -0.25) is 14.5 Å². The lowest BCUT2D eigenvalue weighted by molar-refractivity contribution is -0.132. The molecular weight excluding hydrogens is 468 g/mol. The van der Waals surface area contributed by atoms with Crippen LogP contribution in [0.5, 0.6) is 11.5 Å². The molecule has 1 aliphatic rings. The minimum absolute atomic E-state index is 0.0242. The van der Waals surface area contributed by atoms with E-state index in [9.17, 15) is 14.7 Å². The Morgan fingerprint density at radius 1 is 0.919 bits per heavy atom. The SMILES string of the molecule is CCCOc1cccc(N2C(=O)C(=O)/C(=C(/O)c3cccc(OCC)c3)C2c2ccc(N(C)C)cc2)c1. The van der Waals surface area contributed by atoms with Crippen LogP contribution in [0.2, 0.25) is 0 Å². The summed E-state index contributed by atoms with van der Waals surface area (Å²) in [6, 6.07) is 20.8. The number of rotatable bonds is 9. The summed E-state index contributed by atoms with van der Waals surface area (Å²) >= 11 is 0. The second-order valence-corrected chi connectivity index (χ2v) is 8.96. The Morgan fingerprint density at radius 3 is 2.24 bits per heavy atom. The summed E-state index contributed by atoms with van der Waals surface area (Å²) in [4.78, 5) is 30.3. The summed E-state index contributed by atoms with van der Waals surface area (Å²) in [6.07, 6.45) is 0.841. The number of nitrogens with zero attached hydrogens (tertiary/aromatic N) is 2. The highest BCUT2D eigenvalue weighted by molar-refractivity contribution is 6.51. The highest BCUT2D eigenvalue weighted by atomic mass is 16.5. The minimum atomic E-state index is -0.826. The number of hydrogen-bond acceptors (Lipinski definition) is 6. The standard InChI is InChI=1S/C30H32N2O5/c1-5-17-37-25-12-8-10-23(19-25)32-27(20-13-15-22(16-14-20)31(3)4)26(29(34)30(32)35)28(33)21-9-7-11-24(18-21)36-6-2/h7-16,18-19,27,33H,5-6,17H2,1-4H3/b28-26+. The number of anilines is 2. The number of Topliss-reactive ketones (excluding diaryl/α,β-unsaturated/α-hetero) is 1. The van der Waals surface area contributed by atoms with Crippen LogP contribution < -0.4 is 19.3 Å². The number of carbonyl (C=O) groups is 2. The zero-order chi connectivity index (χ0) is 26.5. The first-order chi connectivity index (χ1) is 17.8. The Morgan fingerprint density at radius 2 is 1.59 bits per heavy atom. The number of hydrogen-bond donors (Lipinski definition) is 1. The molecule has 7 nitrogen and oxygen atoms in total. The van der Waals surface area contributed by atoms with E-state index in [1.54, 1.807) is 42.5 Å². The number of aliphatic hydroxyl groups is 1. The molecule has 1 aliphatic heterocycles. The second kappa shape index (κ2) is 11.2. The topological polar surface area (TPSA) is 79.3 Å². The third kappa shape index (κ3) is 5.31. The van der Waals surface area contributed by atoms with E-state index >= 15 is 0 Å². The fraction of sp³-hybridized carbons (Fsp3) is 0.267. The predicted octanol–water partition coefficient (Wildman–Crippen LogP) is 5.57. The van der Waals surface area contributed by atoms with Crippen LogP contribution in [0, 0.1) is 0 Å². The number of ether oxygens (including phenoxy) is 2. The highest BCUT2D eigenvalue weighted by Gasteiger charge is 2.47. The van der Waals surface area contributed by atoms with E-state index in [0.717, 1.165) is 12.1 Å². The Hall–Kier alpha value is -4.26. The van der Waals surface area contributed by atoms with Crippen molar-refractivity contribution in [3.63, 3.8) is 0 Å². The molecule has 1 atom stereocenters. The fourth-order valence-corrected chi connectivity index (χ4v) is 4.37. The molecule has 0 bridgehead atoms. The lowest BCUT2D eigenvalue weighted by Gasteiger charge is -2.26. The van der Waals surface area contributed by atoms with E-state index < -0.39 is 17.7 Å². The second-order valence-electron chi connectivity index (χ2n) is 8.96. The number of aliphatic hydroxyl groups excluding tert-OH is 1. The molecule has 4 rings (SSSR count). The fourth-order valence-electron chi connectivity index (χ4n) is 4.37. The van der Waals surface area contributed by atoms with Crippen molar-refractivity contribution in [1.29, 1.82) is 0 Å². The molecule has 0 aliphatic carbocycles. The monoisotopic (exact) mass is 500 g/mol. The molecule has 0 spiro atoms. The van der Waals surface area contributed by atoms with Gasteiger partial charge in [0.2, 0.25) is 0 Å². The van der Waals surface area contributed by atoms with Crippen molar-refractivity contribution in [3.05, 3.63) is 89.5 Å². The summed E-state index contributed by atoms with van der Waals surface area (Å²) in [7, 11) is 3.88. The molecule has 0 aromatic heterocycles. The van der Waals surface area contributed by atoms with Gasteiger partial charge in [-0.25, -0.2) is 0 Å². The molecular formula is C30H32N2O5. The Labute approximate surface area is 217 Å². The number of amides is 1. The van der Waals surface area contributed by atoms with Crippen LogP contribution in [-0.2, 0) is 9.59 Å². The highest BCUT2D eigenvalue weighted by Crippen LogP contribution is 2.43. The van der Waals surface area contributed by atoms with Gasteiger partial charge in [-0.15, -0.1) is 0 Å². The van der Waals surface area contributed by atoms with Gasteiger partial charge >= 0.3 is 0 Å². The smallest absolute Gasteiger partial charge is 0.300 e. The maximum atomic E-state index is 13.5. The van der Waals surface area contributed by atoms with Crippen molar-refractivity contribution >= 4 is 28.8 Å². The van der Waals surface area contributed by atoms with Crippen LogP contribution in [0.15, 0.2) is 78.4 Å². The van der Waals surface area contributed by atoms with Crippen molar-refractivity contribution in [2.45, 2.75) is 26.3 Å². The zero-order valence-electron chi connectivity index (χ0n) is 21.6. The normalized spacial score (nSPS) is 16.6. The van der Waals surface area contributed by atoms with Crippen LogP contribution in [0.3, 0.4) is 0 Å². The van der Waals surface area contributed by atoms with E-state index in [1.807, 2.05) is 63.2 Å². The largest absolute Gasteiger partial charge is 0.507 e.